The fourth-order valence-corrected chi connectivity index (χ4v) is 4.34. The third-order valence-electron chi connectivity index (χ3n) is 4.05. The molecule has 144 valence electrons. The number of pyridine rings is 1. The summed E-state index contributed by atoms with van der Waals surface area (Å²) in [5, 5.41) is 11.9. The van der Waals surface area contributed by atoms with Crippen LogP contribution in [0.5, 0.6) is 0 Å². The molecule has 1 aromatic heterocycles. The van der Waals surface area contributed by atoms with Gasteiger partial charge < -0.3 is 27.4 Å². The lowest BCUT2D eigenvalue weighted by molar-refractivity contribution is -0.687. The molecule has 0 bridgehead atoms. The van der Waals surface area contributed by atoms with Crippen molar-refractivity contribution in [2.45, 2.75) is 18.0 Å². The van der Waals surface area contributed by atoms with E-state index in [1.54, 1.807) is 6.08 Å². The molecule has 1 fully saturated rings. The number of nitrogens with zero attached hydrogens (tertiary/aromatic N) is 2. The molecule has 1 aromatic rings. The van der Waals surface area contributed by atoms with Gasteiger partial charge in [-0.3, -0.25) is 14.5 Å². The van der Waals surface area contributed by atoms with E-state index in [1.165, 1.54) is 16.7 Å². The van der Waals surface area contributed by atoms with Gasteiger partial charge in [-0.15, -0.1) is 11.8 Å². The number of thioether (sulfide) groups is 1. The molecule has 2 aliphatic heterocycles. The maximum absolute atomic E-state index is 12.4. The number of rotatable bonds is 6. The molecule has 0 saturated carbocycles. The molecule has 3 heterocycles. The van der Waals surface area contributed by atoms with Gasteiger partial charge in [0.25, 0.3) is 5.91 Å². The first-order valence-corrected chi connectivity index (χ1v) is 10.1. The quantitative estimate of drug-likeness (QED) is 0.250. The van der Waals surface area contributed by atoms with Crippen molar-refractivity contribution in [3.8, 4) is 0 Å². The molecular formula is C17H17Br2N3O4S. The number of nitrogens with one attached hydrogen (secondary N) is 1. The second-order valence-electron chi connectivity index (χ2n) is 5.74. The molecule has 0 unspecified atom stereocenters. The van der Waals surface area contributed by atoms with Crippen LogP contribution < -0.4 is 26.9 Å². The fourth-order valence-electron chi connectivity index (χ4n) is 2.86. The van der Waals surface area contributed by atoms with Crippen molar-refractivity contribution in [1.29, 1.82) is 0 Å². The molecule has 2 aliphatic rings. The molecule has 0 aliphatic carbocycles. The fraction of sp³-hybridized carbons (Fsp3) is 0.294. The van der Waals surface area contributed by atoms with Crippen molar-refractivity contribution in [2.24, 2.45) is 0 Å². The lowest BCUT2D eigenvalue weighted by Gasteiger charge is -2.49. The zero-order valence-electron chi connectivity index (χ0n) is 14.0. The lowest BCUT2D eigenvalue weighted by atomic mass is 10.0. The van der Waals surface area contributed by atoms with E-state index < -0.39 is 17.9 Å². The molecule has 0 spiro atoms. The second kappa shape index (κ2) is 9.52. The molecule has 2 N–H and O–H groups in total. The highest BCUT2D eigenvalue weighted by molar-refractivity contribution is 9.09. The SMILES string of the molecule is O=C(CBr)N[C@@H]1C(=O)N2C(C(=O)O)=C(C=CC[n+]3ccccc3)CS[C@H]12.[Br-]. The Morgan fingerprint density at radius 3 is 2.70 bits per heavy atom. The van der Waals surface area contributed by atoms with Gasteiger partial charge in [-0.2, -0.15) is 0 Å². The number of alkyl halides is 1. The maximum Gasteiger partial charge on any atom is 0.352 e. The number of carboxylic acid groups (broad SMARTS) is 1. The minimum Gasteiger partial charge on any atom is -1.00 e. The number of aromatic nitrogens is 1. The third-order valence-corrected chi connectivity index (χ3v) is 5.86. The molecule has 27 heavy (non-hydrogen) atoms. The van der Waals surface area contributed by atoms with E-state index in [1.807, 2.05) is 41.2 Å². The summed E-state index contributed by atoms with van der Waals surface area (Å²) in [6.45, 7) is 0.600. The number of fused-ring (bicyclic) bond motifs is 1. The molecule has 2 atom stereocenters. The molecular weight excluding hydrogens is 502 g/mol. The van der Waals surface area contributed by atoms with E-state index in [0.717, 1.165) is 0 Å². The van der Waals surface area contributed by atoms with Crippen LogP contribution in [-0.4, -0.2) is 50.3 Å². The van der Waals surface area contributed by atoms with Crippen LogP contribution in [0.25, 0.3) is 0 Å². The van der Waals surface area contributed by atoms with E-state index in [-0.39, 0.29) is 39.3 Å². The Labute approximate surface area is 179 Å². The first kappa shape index (κ1) is 21.6. The number of carbonyl (C=O) groups is 3. The number of hydrogen-bond acceptors (Lipinski definition) is 4. The van der Waals surface area contributed by atoms with Crippen molar-refractivity contribution in [2.75, 3.05) is 11.1 Å². The normalized spacial score (nSPS) is 21.4. The number of carboxylic acids is 1. The third kappa shape index (κ3) is 4.61. The van der Waals surface area contributed by atoms with Gasteiger partial charge in [0, 0.05) is 17.9 Å². The van der Waals surface area contributed by atoms with Gasteiger partial charge in [-0.1, -0.05) is 28.1 Å². The zero-order chi connectivity index (χ0) is 18.7. The topological polar surface area (TPSA) is 90.6 Å². The second-order valence-corrected chi connectivity index (χ2v) is 7.41. The zero-order valence-corrected chi connectivity index (χ0v) is 18.0. The van der Waals surface area contributed by atoms with Gasteiger partial charge >= 0.3 is 5.97 Å². The van der Waals surface area contributed by atoms with Crippen LogP contribution in [0.1, 0.15) is 0 Å². The van der Waals surface area contributed by atoms with E-state index in [0.29, 0.717) is 17.9 Å². The number of halogens is 2. The van der Waals surface area contributed by atoms with Crippen molar-refractivity contribution < 1.29 is 41.0 Å². The van der Waals surface area contributed by atoms with Gasteiger partial charge in [0.1, 0.15) is 17.1 Å². The highest BCUT2D eigenvalue weighted by atomic mass is 79.9. The Morgan fingerprint density at radius 2 is 2.07 bits per heavy atom. The number of carbonyl (C=O) groups excluding carboxylic acids is 2. The first-order valence-electron chi connectivity index (χ1n) is 7.90. The molecule has 10 heteroatoms. The van der Waals surface area contributed by atoms with Crippen molar-refractivity contribution in [1.82, 2.24) is 10.2 Å². The van der Waals surface area contributed by atoms with Gasteiger partial charge in [0.05, 0.1) is 5.33 Å². The van der Waals surface area contributed by atoms with Gasteiger partial charge in [-0.25, -0.2) is 9.36 Å². The lowest BCUT2D eigenvalue weighted by Crippen LogP contribution is -3.00. The van der Waals surface area contributed by atoms with Gasteiger partial charge in [-0.05, 0) is 11.6 Å². The molecule has 2 amide bonds. The Hall–Kier alpha value is -1.65. The van der Waals surface area contributed by atoms with Crippen molar-refractivity contribution >= 4 is 45.5 Å². The monoisotopic (exact) mass is 517 g/mol. The van der Waals surface area contributed by atoms with E-state index >= 15 is 0 Å². The van der Waals surface area contributed by atoms with E-state index in [9.17, 15) is 19.5 Å². The average Bonchev–Trinajstić information content (AvgIpc) is 2.65. The largest absolute Gasteiger partial charge is 1.00 e. The van der Waals surface area contributed by atoms with Crippen LogP contribution in [0.2, 0.25) is 0 Å². The van der Waals surface area contributed by atoms with Crippen molar-refractivity contribution in [3.63, 3.8) is 0 Å². The van der Waals surface area contributed by atoms with Crippen LogP contribution >= 0.6 is 27.7 Å². The van der Waals surface area contributed by atoms with Gasteiger partial charge in [0.2, 0.25) is 5.91 Å². The van der Waals surface area contributed by atoms with Crippen LogP contribution in [0.15, 0.2) is 54.0 Å². The molecule has 7 nitrogen and oxygen atoms in total. The number of allylic oxidation sites excluding steroid dienone is 2. The average molecular weight is 519 g/mol. The van der Waals surface area contributed by atoms with Crippen LogP contribution in [0.4, 0.5) is 0 Å². The predicted octanol–water partition coefficient (Wildman–Crippen LogP) is -2.33. The summed E-state index contributed by atoms with van der Waals surface area (Å²) < 4.78 is 1.96. The van der Waals surface area contributed by atoms with Gasteiger partial charge in [0.15, 0.2) is 18.9 Å². The summed E-state index contributed by atoms with van der Waals surface area (Å²) in [5.41, 5.74) is 0.589. The first-order chi connectivity index (χ1) is 12.5. The Bertz CT molecular complexity index is 801. The number of hydrogen-bond donors (Lipinski definition) is 2. The Balaban J connectivity index is 0.00000261. The smallest absolute Gasteiger partial charge is 0.352 e. The highest BCUT2D eigenvalue weighted by Crippen LogP contribution is 2.40. The van der Waals surface area contributed by atoms with E-state index in [4.69, 9.17) is 0 Å². The summed E-state index contributed by atoms with van der Waals surface area (Å²) in [4.78, 5) is 36.9. The minimum atomic E-state index is -1.14. The summed E-state index contributed by atoms with van der Waals surface area (Å²) in [6.07, 6.45) is 7.45. The minimum absolute atomic E-state index is 0. The molecule has 3 rings (SSSR count). The summed E-state index contributed by atoms with van der Waals surface area (Å²) >= 11 is 4.49. The number of β-lactam (4-membered cyclic amide) rings is 1. The van der Waals surface area contributed by atoms with Crippen molar-refractivity contribution in [3.05, 3.63) is 54.0 Å². The maximum atomic E-state index is 12.4. The summed E-state index contributed by atoms with van der Waals surface area (Å²) in [5.74, 6) is -1.36. The number of amides is 2. The standard InChI is InChI=1S/C17H16BrN3O4S.BrH/c18-9-12(22)19-13-15(23)21-14(17(24)25)11(10-26-16(13)21)5-4-8-20-6-2-1-3-7-20;/h1-7,13,16H,8-10H2,(H-,19,22,24,25);1H/t13-,16-;/m1./s1. The van der Waals surface area contributed by atoms with Crippen LogP contribution in [-0.2, 0) is 20.9 Å². The Morgan fingerprint density at radius 1 is 1.37 bits per heavy atom. The highest BCUT2D eigenvalue weighted by Gasteiger charge is 2.53. The van der Waals surface area contributed by atoms with Crippen LogP contribution in [0, 0.1) is 0 Å². The Kier molecular flexibility index (Phi) is 7.63. The summed E-state index contributed by atoms with van der Waals surface area (Å²) in [7, 11) is 0. The predicted molar refractivity (Wildman–Crippen MR) is 99.3 cm³/mol. The molecule has 0 aromatic carbocycles. The molecule has 1 saturated heterocycles. The van der Waals surface area contributed by atoms with E-state index in [2.05, 4.69) is 21.2 Å². The summed E-state index contributed by atoms with van der Waals surface area (Å²) in [6, 6.07) is 5.07. The number of aliphatic carboxylic acids is 1. The molecule has 0 radical (unpaired) electrons. The van der Waals surface area contributed by atoms with Crippen LogP contribution in [0.3, 0.4) is 0 Å².